The molecule has 0 aliphatic heterocycles. The lowest BCUT2D eigenvalue weighted by Gasteiger charge is -2.14. The summed E-state index contributed by atoms with van der Waals surface area (Å²) >= 11 is 0. The molecule has 2 aromatic carbocycles. The van der Waals surface area contributed by atoms with Gasteiger partial charge in [0.2, 0.25) is 0 Å². The number of methoxy groups -OCH3 is 1. The smallest absolute Gasteiger partial charge is 0.253 e. The van der Waals surface area contributed by atoms with Gasteiger partial charge in [0.05, 0.1) is 18.7 Å². The molecule has 1 heterocycles. The van der Waals surface area contributed by atoms with E-state index in [0.29, 0.717) is 5.56 Å². The second kappa shape index (κ2) is 5.93. The summed E-state index contributed by atoms with van der Waals surface area (Å²) in [6, 6.07) is 15.5. The molecule has 1 aromatic heterocycles. The third kappa shape index (κ3) is 2.68. The highest BCUT2D eigenvalue weighted by Gasteiger charge is 2.15. The van der Waals surface area contributed by atoms with Gasteiger partial charge >= 0.3 is 0 Å². The lowest BCUT2D eigenvalue weighted by atomic mass is 10.1. The number of ether oxygens (including phenoxy) is 1. The molecule has 0 fully saturated rings. The Morgan fingerprint density at radius 3 is 2.68 bits per heavy atom. The van der Waals surface area contributed by atoms with E-state index < -0.39 is 0 Å². The Morgan fingerprint density at radius 2 is 1.95 bits per heavy atom. The third-order valence-corrected chi connectivity index (χ3v) is 3.78. The number of carbonyl (C=O) groups is 1. The maximum absolute atomic E-state index is 12.5. The first kappa shape index (κ1) is 14.2. The Bertz CT molecular complexity index is 793. The molecular formula is C18H18N2O2. The van der Waals surface area contributed by atoms with Crippen molar-refractivity contribution in [3.8, 4) is 5.75 Å². The zero-order valence-electron chi connectivity index (χ0n) is 12.6. The minimum atomic E-state index is -0.101. The second-order valence-electron chi connectivity index (χ2n) is 5.22. The molecular weight excluding hydrogens is 276 g/mol. The van der Waals surface area contributed by atoms with Gasteiger partial charge < -0.3 is 15.0 Å². The van der Waals surface area contributed by atoms with Crippen molar-refractivity contribution in [1.82, 2.24) is 10.3 Å². The first-order chi connectivity index (χ1) is 10.7. The van der Waals surface area contributed by atoms with Crippen molar-refractivity contribution in [2.75, 3.05) is 7.11 Å². The SMILES string of the molecule is COc1ccc2[nH]cc(C(=O)NC(C)c3ccccc3)c2c1. The van der Waals surface area contributed by atoms with E-state index in [1.54, 1.807) is 13.3 Å². The van der Waals surface area contributed by atoms with Crippen LogP contribution in [-0.2, 0) is 0 Å². The Hall–Kier alpha value is -2.75. The van der Waals surface area contributed by atoms with Crippen LogP contribution in [0.25, 0.3) is 10.9 Å². The van der Waals surface area contributed by atoms with Crippen LogP contribution in [0.15, 0.2) is 54.7 Å². The summed E-state index contributed by atoms with van der Waals surface area (Å²) in [7, 11) is 1.62. The number of aromatic nitrogens is 1. The maximum Gasteiger partial charge on any atom is 0.253 e. The number of nitrogens with one attached hydrogen (secondary N) is 2. The average Bonchev–Trinajstić information content (AvgIpc) is 2.98. The summed E-state index contributed by atoms with van der Waals surface area (Å²) < 4.78 is 5.23. The number of amides is 1. The zero-order chi connectivity index (χ0) is 15.5. The number of H-pyrrole nitrogens is 1. The van der Waals surface area contributed by atoms with E-state index in [1.807, 2.05) is 55.5 Å². The average molecular weight is 294 g/mol. The van der Waals surface area contributed by atoms with Gasteiger partial charge in [-0.1, -0.05) is 30.3 Å². The minimum absolute atomic E-state index is 0.0516. The van der Waals surface area contributed by atoms with Gasteiger partial charge in [-0.2, -0.15) is 0 Å². The van der Waals surface area contributed by atoms with Crippen LogP contribution in [0.4, 0.5) is 0 Å². The van der Waals surface area contributed by atoms with E-state index in [9.17, 15) is 4.79 Å². The maximum atomic E-state index is 12.5. The van der Waals surface area contributed by atoms with Crippen molar-refractivity contribution in [3.63, 3.8) is 0 Å². The molecule has 3 rings (SSSR count). The van der Waals surface area contributed by atoms with Crippen molar-refractivity contribution in [1.29, 1.82) is 0 Å². The summed E-state index contributed by atoms with van der Waals surface area (Å²) in [4.78, 5) is 15.6. The van der Waals surface area contributed by atoms with E-state index in [1.165, 1.54) is 0 Å². The van der Waals surface area contributed by atoms with Crippen molar-refractivity contribution in [2.45, 2.75) is 13.0 Å². The third-order valence-electron chi connectivity index (χ3n) is 3.78. The van der Waals surface area contributed by atoms with E-state index in [2.05, 4.69) is 10.3 Å². The summed E-state index contributed by atoms with van der Waals surface area (Å²) in [6.45, 7) is 1.97. The highest BCUT2D eigenvalue weighted by molar-refractivity contribution is 6.07. The van der Waals surface area contributed by atoms with Crippen LogP contribution in [0.3, 0.4) is 0 Å². The molecule has 0 bridgehead atoms. The van der Waals surface area contributed by atoms with Gasteiger partial charge in [-0.15, -0.1) is 0 Å². The Kier molecular flexibility index (Phi) is 3.83. The van der Waals surface area contributed by atoms with Gasteiger partial charge in [0.25, 0.3) is 5.91 Å². The van der Waals surface area contributed by atoms with E-state index in [-0.39, 0.29) is 11.9 Å². The fourth-order valence-corrected chi connectivity index (χ4v) is 2.51. The summed E-state index contributed by atoms with van der Waals surface area (Å²) in [5.41, 5.74) is 2.61. The molecule has 1 atom stereocenters. The van der Waals surface area contributed by atoms with Crippen LogP contribution in [0.5, 0.6) is 5.75 Å². The van der Waals surface area contributed by atoms with E-state index >= 15 is 0 Å². The molecule has 0 saturated heterocycles. The predicted octanol–water partition coefficient (Wildman–Crippen LogP) is 3.67. The van der Waals surface area contributed by atoms with Crippen LogP contribution in [0, 0.1) is 0 Å². The summed E-state index contributed by atoms with van der Waals surface area (Å²) in [5.74, 6) is 0.633. The molecule has 22 heavy (non-hydrogen) atoms. The number of rotatable bonds is 4. The fourth-order valence-electron chi connectivity index (χ4n) is 2.51. The molecule has 2 N–H and O–H groups in total. The highest BCUT2D eigenvalue weighted by Crippen LogP contribution is 2.24. The number of carbonyl (C=O) groups excluding carboxylic acids is 1. The van der Waals surface area contributed by atoms with Gasteiger partial charge in [0.1, 0.15) is 5.75 Å². The number of fused-ring (bicyclic) bond motifs is 1. The largest absolute Gasteiger partial charge is 0.497 e. The van der Waals surface area contributed by atoms with Crippen molar-refractivity contribution in [2.24, 2.45) is 0 Å². The number of aromatic amines is 1. The first-order valence-corrected chi connectivity index (χ1v) is 7.20. The molecule has 3 aromatic rings. The molecule has 1 amide bonds. The molecule has 0 aliphatic rings. The monoisotopic (exact) mass is 294 g/mol. The lowest BCUT2D eigenvalue weighted by molar-refractivity contribution is 0.0941. The van der Waals surface area contributed by atoms with Crippen molar-refractivity contribution in [3.05, 3.63) is 65.9 Å². The molecule has 4 nitrogen and oxygen atoms in total. The number of benzene rings is 2. The number of hydrogen-bond acceptors (Lipinski definition) is 2. The second-order valence-corrected chi connectivity index (χ2v) is 5.22. The normalized spacial score (nSPS) is 12.1. The van der Waals surface area contributed by atoms with Gasteiger partial charge in [-0.05, 0) is 30.7 Å². The molecule has 0 saturated carbocycles. The first-order valence-electron chi connectivity index (χ1n) is 7.20. The Labute approximate surface area is 129 Å². The van der Waals surface area contributed by atoms with Gasteiger partial charge in [-0.25, -0.2) is 0 Å². The van der Waals surface area contributed by atoms with Crippen LogP contribution < -0.4 is 10.1 Å². The Balaban J connectivity index is 1.86. The van der Waals surface area contributed by atoms with Crippen LogP contribution >= 0.6 is 0 Å². The van der Waals surface area contributed by atoms with Crippen LogP contribution in [-0.4, -0.2) is 18.0 Å². The zero-order valence-corrected chi connectivity index (χ0v) is 12.6. The molecule has 0 spiro atoms. The van der Waals surface area contributed by atoms with E-state index in [4.69, 9.17) is 4.74 Å². The Morgan fingerprint density at radius 1 is 1.18 bits per heavy atom. The predicted molar refractivity (Wildman–Crippen MR) is 87.2 cm³/mol. The quantitative estimate of drug-likeness (QED) is 0.771. The summed E-state index contributed by atoms with van der Waals surface area (Å²) in [5, 5.41) is 3.89. The lowest BCUT2D eigenvalue weighted by Crippen LogP contribution is -2.26. The topological polar surface area (TPSA) is 54.1 Å². The standard InChI is InChI=1S/C18H18N2O2/c1-12(13-6-4-3-5-7-13)20-18(21)16-11-19-17-9-8-14(22-2)10-15(16)17/h3-12,19H,1-2H3,(H,20,21). The molecule has 112 valence electrons. The molecule has 4 heteroatoms. The summed E-state index contributed by atoms with van der Waals surface area (Å²) in [6.07, 6.45) is 1.73. The van der Waals surface area contributed by atoms with Crippen LogP contribution in [0.2, 0.25) is 0 Å². The fraction of sp³-hybridized carbons (Fsp3) is 0.167. The van der Waals surface area contributed by atoms with Crippen molar-refractivity contribution < 1.29 is 9.53 Å². The number of hydrogen-bond donors (Lipinski definition) is 2. The van der Waals surface area contributed by atoms with Gasteiger partial charge in [0.15, 0.2) is 0 Å². The van der Waals surface area contributed by atoms with Gasteiger partial charge in [0, 0.05) is 17.1 Å². The van der Waals surface area contributed by atoms with E-state index in [0.717, 1.165) is 22.2 Å². The molecule has 0 aliphatic carbocycles. The van der Waals surface area contributed by atoms with Gasteiger partial charge in [-0.3, -0.25) is 4.79 Å². The highest BCUT2D eigenvalue weighted by atomic mass is 16.5. The van der Waals surface area contributed by atoms with Crippen LogP contribution in [0.1, 0.15) is 28.9 Å². The van der Waals surface area contributed by atoms with Crippen molar-refractivity contribution >= 4 is 16.8 Å². The molecule has 0 radical (unpaired) electrons. The minimum Gasteiger partial charge on any atom is -0.497 e. The molecule has 1 unspecified atom stereocenters.